The second kappa shape index (κ2) is 12.0. The number of rotatable bonds is 6. The Labute approximate surface area is 237 Å². The summed E-state index contributed by atoms with van der Waals surface area (Å²) in [7, 11) is 0. The van der Waals surface area contributed by atoms with E-state index in [2.05, 4.69) is 14.9 Å². The van der Waals surface area contributed by atoms with Gasteiger partial charge in [-0.25, -0.2) is 9.97 Å². The monoisotopic (exact) mass is 572 g/mol. The summed E-state index contributed by atoms with van der Waals surface area (Å²) in [6.07, 6.45) is 0.0492. The van der Waals surface area contributed by atoms with Gasteiger partial charge in [-0.3, -0.25) is 4.79 Å². The lowest BCUT2D eigenvalue weighted by Gasteiger charge is -2.43. The van der Waals surface area contributed by atoms with E-state index in [4.69, 9.17) is 16.3 Å². The second-order valence-corrected chi connectivity index (χ2v) is 11.0. The van der Waals surface area contributed by atoms with Gasteiger partial charge >= 0.3 is 6.18 Å². The molecule has 1 amide bonds. The molecule has 2 aliphatic rings. The van der Waals surface area contributed by atoms with Crippen LogP contribution in [0.3, 0.4) is 0 Å². The molecular formula is C30H32ClF3N4O2. The van der Waals surface area contributed by atoms with Crippen LogP contribution >= 0.6 is 11.6 Å². The number of ether oxygens (including phenoxy) is 1. The van der Waals surface area contributed by atoms with Gasteiger partial charge in [0, 0.05) is 67.4 Å². The fraction of sp³-hybridized carbons (Fsp3) is 0.433. The van der Waals surface area contributed by atoms with Gasteiger partial charge in [0.25, 0.3) is 0 Å². The predicted octanol–water partition coefficient (Wildman–Crippen LogP) is 6.47. The summed E-state index contributed by atoms with van der Waals surface area (Å²) >= 11 is 6.15. The van der Waals surface area contributed by atoms with Crippen molar-refractivity contribution in [3.63, 3.8) is 0 Å². The summed E-state index contributed by atoms with van der Waals surface area (Å²) in [6, 6.07) is 15.7. The van der Waals surface area contributed by atoms with Crippen LogP contribution in [0.4, 0.5) is 19.0 Å². The quantitative estimate of drug-likeness (QED) is 0.339. The maximum atomic E-state index is 13.6. The van der Waals surface area contributed by atoms with Gasteiger partial charge in [-0.2, -0.15) is 13.2 Å². The van der Waals surface area contributed by atoms with Gasteiger partial charge in [0.05, 0.1) is 5.56 Å². The normalized spacial score (nSPS) is 21.2. The van der Waals surface area contributed by atoms with Gasteiger partial charge in [0.2, 0.25) is 11.8 Å². The van der Waals surface area contributed by atoms with Crippen molar-refractivity contribution in [3.8, 4) is 5.88 Å². The number of benzene rings is 1. The molecule has 10 heteroatoms. The molecule has 0 spiro atoms. The van der Waals surface area contributed by atoms with E-state index in [0.29, 0.717) is 24.5 Å². The van der Waals surface area contributed by atoms with Crippen LogP contribution in [0.2, 0.25) is 5.02 Å². The average molecular weight is 573 g/mol. The zero-order valence-corrected chi connectivity index (χ0v) is 23.0. The molecule has 0 unspecified atom stereocenters. The first-order valence-corrected chi connectivity index (χ1v) is 14.0. The number of carbonyl (C=O) groups is 1. The van der Waals surface area contributed by atoms with Crippen LogP contribution in [0.15, 0.2) is 67.0 Å². The van der Waals surface area contributed by atoms with E-state index in [-0.39, 0.29) is 35.6 Å². The van der Waals surface area contributed by atoms with Crippen molar-refractivity contribution >= 4 is 23.3 Å². The van der Waals surface area contributed by atoms with E-state index in [1.807, 2.05) is 54.3 Å². The first kappa shape index (κ1) is 28.2. The van der Waals surface area contributed by atoms with Crippen molar-refractivity contribution in [1.29, 1.82) is 0 Å². The van der Waals surface area contributed by atoms with Gasteiger partial charge < -0.3 is 14.5 Å². The molecule has 0 aliphatic carbocycles. The molecule has 3 aromatic rings. The van der Waals surface area contributed by atoms with Crippen molar-refractivity contribution in [2.75, 3.05) is 31.1 Å². The molecule has 1 aromatic carbocycles. The Kier molecular flexibility index (Phi) is 8.49. The molecule has 2 fully saturated rings. The summed E-state index contributed by atoms with van der Waals surface area (Å²) in [5.41, 5.74) is 0.233. The smallest absolute Gasteiger partial charge is 0.417 e. The Bertz CT molecular complexity index is 1270. The van der Waals surface area contributed by atoms with Crippen molar-refractivity contribution in [2.24, 2.45) is 11.8 Å². The van der Waals surface area contributed by atoms with Gasteiger partial charge in [-0.1, -0.05) is 29.8 Å². The van der Waals surface area contributed by atoms with Crippen LogP contribution in [-0.2, 0) is 11.0 Å². The van der Waals surface area contributed by atoms with Gasteiger partial charge in [0.15, 0.2) is 0 Å². The number of pyridine rings is 2. The Morgan fingerprint density at radius 1 is 1.00 bits per heavy atom. The van der Waals surface area contributed by atoms with Crippen molar-refractivity contribution in [1.82, 2.24) is 14.9 Å². The van der Waals surface area contributed by atoms with Crippen LogP contribution in [0.5, 0.6) is 5.88 Å². The number of halogens is 4. The zero-order chi connectivity index (χ0) is 28.3. The molecule has 2 saturated heterocycles. The molecule has 5 rings (SSSR count). The van der Waals surface area contributed by atoms with Crippen LogP contribution in [-0.4, -0.2) is 53.1 Å². The van der Waals surface area contributed by atoms with Crippen molar-refractivity contribution in [3.05, 3.63) is 83.1 Å². The van der Waals surface area contributed by atoms with E-state index in [1.54, 1.807) is 6.20 Å². The maximum Gasteiger partial charge on any atom is 0.417 e. The number of amides is 1. The predicted molar refractivity (Wildman–Crippen MR) is 147 cm³/mol. The Balaban J connectivity index is 1.27. The largest absolute Gasteiger partial charge is 0.474 e. The summed E-state index contributed by atoms with van der Waals surface area (Å²) in [4.78, 5) is 26.2. The summed E-state index contributed by atoms with van der Waals surface area (Å²) < 4.78 is 44.9. The standard InChI is InChI=1S/C30H32ClF3N4O2/c1-20(40-28-10-7-23(18-36-28)30(32,33)34)25-13-17-38(19-26(25)21-5-8-24(31)9-6-21)29(39)22-11-15-37(16-12-22)27-4-2-3-14-35-27/h2-10,14,18,20,22,25-26H,11-13,15-17,19H2,1H3/t20-,25+,26+/m0/s1. The van der Waals surface area contributed by atoms with Gasteiger partial charge in [-0.15, -0.1) is 0 Å². The topological polar surface area (TPSA) is 58.6 Å². The number of likely N-dealkylation sites (tertiary alicyclic amines) is 1. The highest BCUT2D eigenvalue weighted by Gasteiger charge is 2.39. The number of hydrogen-bond donors (Lipinski definition) is 0. The number of aromatic nitrogens is 2. The summed E-state index contributed by atoms with van der Waals surface area (Å²) in [5.74, 6) is 1.24. The van der Waals surface area contributed by atoms with Crippen molar-refractivity contribution < 1.29 is 22.7 Å². The molecule has 3 atom stereocenters. The van der Waals surface area contributed by atoms with E-state index in [0.717, 1.165) is 49.6 Å². The van der Waals surface area contributed by atoms with E-state index in [1.165, 1.54) is 6.07 Å². The van der Waals surface area contributed by atoms with E-state index >= 15 is 0 Å². The molecule has 40 heavy (non-hydrogen) atoms. The van der Waals surface area contributed by atoms with Crippen LogP contribution in [0.1, 0.15) is 43.2 Å². The molecule has 212 valence electrons. The third-order valence-corrected chi connectivity index (χ3v) is 8.32. The SMILES string of the molecule is C[C@H](Oc1ccc(C(F)(F)F)cn1)[C@H]1CCN(C(=O)C2CCN(c3ccccn3)CC2)C[C@@H]1c1ccc(Cl)cc1. The number of hydrogen-bond acceptors (Lipinski definition) is 5. The summed E-state index contributed by atoms with van der Waals surface area (Å²) in [6.45, 7) is 4.63. The highest BCUT2D eigenvalue weighted by Crippen LogP contribution is 2.38. The molecule has 6 nitrogen and oxygen atoms in total. The average Bonchev–Trinajstić information content (AvgIpc) is 2.97. The molecule has 2 aliphatic heterocycles. The van der Waals surface area contributed by atoms with Crippen LogP contribution in [0, 0.1) is 11.8 Å². The van der Waals surface area contributed by atoms with Gasteiger partial charge in [0.1, 0.15) is 11.9 Å². The first-order chi connectivity index (χ1) is 19.2. The number of anilines is 1. The fourth-order valence-electron chi connectivity index (χ4n) is 5.84. The fourth-order valence-corrected chi connectivity index (χ4v) is 5.97. The first-order valence-electron chi connectivity index (χ1n) is 13.6. The second-order valence-electron chi connectivity index (χ2n) is 10.5. The Morgan fingerprint density at radius 3 is 2.38 bits per heavy atom. The number of alkyl halides is 3. The molecule has 0 bridgehead atoms. The number of carbonyl (C=O) groups excluding carboxylic acids is 1. The van der Waals surface area contributed by atoms with Crippen molar-refractivity contribution in [2.45, 2.75) is 44.4 Å². The number of piperidine rings is 2. The lowest BCUT2D eigenvalue weighted by molar-refractivity contribution is -0.139. The molecular weight excluding hydrogens is 541 g/mol. The molecule has 2 aromatic heterocycles. The lowest BCUT2D eigenvalue weighted by Crippen LogP contribution is -2.49. The molecule has 0 saturated carbocycles. The van der Waals surface area contributed by atoms with E-state index < -0.39 is 11.7 Å². The van der Waals surface area contributed by atoms with Crippen LogP contribution in [0.25, 0.3) is 0 Å². The maximum absolute atomic E-state index is 13.6. The minimum atomic E-state index is -4.45. The minimum absolute atomic E-state index is 0.0203. The Morgan fingerprint density at radius 2 is 1.75 bits per heavy atom. The summed E-state index contributed by atoms with van der Waals surface area (Å²) in [5, 5.41) is 0.627. The Hall–Kier alpha value is -3.33. The van der Waals surface area contributed by atoms with Crippen LogP contribution < -0.4 is 9.64 Å². The molecule has 0 radical (unpaired) electrons. The molecule has 4 heterocycles. The molecule has 0 N–H and O–H groups in total. The lowest BCUT2D eigenvalue weighted by atomic mass is 9.77. The zero-order valence-electron chi connectivity index (χ0n) is 22.2. The van der Waals surface area contributed by atoms with E-state index in [9.17, 15) is 18.0 Å². The highest BCUT2D eigenvalue weighted by molar-refractivity contribution is 6.30. The number of nitrogens with zero attached hydrogens (tertiary/aromatic N) is 4. The highest BCUT2D eigenvalue weighted by atomic mass is 35.5. The third kappa shape index (κ3) is 6.52. The minimum Gasteiger partial charge on any atom is -0.474 e. The third-order valence-electron chi connectivity index (χ3n) is 8.07. The van der Waals surface area contributed by atoms with Gasteiger partial charge in [-0.05, 0) is 62.1 Å².